The van der Waals surface area contributed by atoms with Crippen LogP contribution in [0.2, 0.25) is 0 Å². The predicted octanol–water partition coefficient (Wildman–Crippen LogP) is 0.540. The summed E-state index contributed by atoms with van der Waals surface area (Å²) in [6.45, 7) is 0. The van der Waals surface area contributed by atoms with Crippen LogP contribution in [0.25, 0.3) is 0 Å². The van der Waals surface area contributed by atoms with Crippen molar-refractivity contribution in [3.8, 4) is 0 Å². The lowest BCUT2D eigenvalue weighted by Crippen LogP contribution is -2.56. The summed E-state index contributed by atoms with van der Waals surface area (Å²) in [5.74, 6) is -1.59. The Labute approximate surface area is 131 Å². The first-order valence-corrected chi connectivity index (χ1v) is 8.59. The number of ether oxygens (including phenoxy) is 2. The molecule has 0 aromatic rings. The Balaban J connectivity index is 1.47. The van der Waals surface area contributed by atoms with E-state index < -0.39 is 0 Å². The maximum Gasteiger partial charge on any atom is 0.317 e. The number of rotatable bonds is 0. The van der Waals surface area contributed by atoms with E-state index in [4.69, 9.17) is 9.47 Å². The molecule has 0 aromatic heterocycles. The molecule has 120 valence electrons. The highest BCUT2D eigenvalue weighted by Gasteiger charge is 2.74. The molecule has 0 spiro atoms. The van der Waals surface area contributed by atoms with Gasteiger partial charge < -0.3 is 9.47 Å². The van der Waals surface area contributed by atoms with Crippen molar-refractivity contribution in [2.45, 2.75) is 19.3 Å². The molecule has 5 saturated carbocycles. The third kappa shape index (κ3) is 1.20. The Morgan fingerprint density at radius 3 is 1.30 bits per heavy atom. The number of cyclic esters (lactones) is 4. The summed E-state index contributed by atoms with van der Waals surface area (Å²) in [4.78, 5) is 48.5. The molecule has 0 N–H and O–H groups in total. The number of carbonyl (C=O) groups excluding carboxylic acids is 4. The van der Waals surface area contributed by atoms with Crippen LogP contribution in [0.1, 0.15) is 19.3 Å². The summed E-state index contributed by atoms with van der Waals surface area (Å²) in [6, 6.07) is 0. The van der Waals surface area contributed by atoms with Gasteiger partial charge in [0.1, 0.15) is 0 Å². The van der Waals surface area contributed by atoms with Gasteiger partial charge in [0.25, 0.3) is 0 Å². The summed E-state index contributed by atoms with van der Waals surface area (Å²) in [5.41, 5.74) is 0. The zero-order valence-electron chi connectivity index (χ0n) is 12.3. The molecule has 7 aliphatic rings. The number of hydrogen-bond donors (Lipinski definition) is 0. The zero-order valence-corrected chi connectivity index (χ0v) is 12.3. The van der Waals surface area contributed by atoms with Crippen molar-refractivity contribution < 1.29 is 28.7 Å². The number of esters is 4. The van der Waals surface area contributed by atoms with Crippen LogP contribution in [0.3, 0.4) is 0 Å². The van der Waals surface area contributed by atoms with Gasteiger partial charge in [-0.1, -0.05) is 0 Å². The Kier molecular flexibility index (Phi) is 2.03. The minimum absolute atomic E-state index is 0.133. The molecule has 7 fully saturated rings. The lowest BCUT2D eigenvalue weighted by atomic mass is 9.46. The molecular weight excluding hydrogens is 300 g/mol. The molecule has 0 amide bonds. The second-order valence-corrected chi connectivity index (χ2v) is 8.21. The minimum Gasteiger partial charge on any atom is -0.393 e. The van der Waals surface area contributed by atoms with E-state index in [0.29, 0.717) is 0 Å². The molecule has 2 saturated heterocycles. The first kappa shape index (κ1) is 12.7. The van der Waals surface area contributed by atoms with Crippen molar-refractivity contribution in [3.63, 3.8) is 0 Å². The summed E-state index contributed by atoms with van der Waals surface area (Å²) < 4.78 is 9.85. The summed E-state index contributed by atoms with van der Waals surface area (Å²) in [7, 11) is 0. The van der Waals surface area contributed by atoms with Gasteiger partial charge in [-0.2, -0.15) is 0 Å². The van der Waals surface area contributed by atoms with E-state index in [1.807, 2.05) is 0 Å². The van der Waals surface area contributed by atoms with E-state index >= 15 is 0 Å². The van der Waals surface area contributed by atoms with E-state index in [9.17, 15) is 19.2 Å². The molecule has 6 nitrogen and oxygen atoms in total. The lowest BCUT2D eigenvalue weighted by Gasteiger charge is -2.55. The summed E-state index contributed by atoms with van der Waals surface area (Å²) in [5, 5.41) is 0. The van der Waals surface area contributed by atoms with Crippen molar-refractivity contribution in [2.24, 2.45) is 59.2 Å². The molecule has 2 unspecified atom stereocenters. The standard InChI is InChI=1S/C17H16O6/c18-14-10-4-1-2-5(11(10)15(19)22-14)9-7-3-6(8(4)9)12-13(7)17(21)23-16(12)20/h4-13H,1-3H2/t4-,5+,6+,7-,8?,9?,10-,11+,12-,13+. The van der Waals surface area contributed by atoms with Gasteiger partial charge in [-0.05, 0) is 54.8 Å². The Hall–Kier alpha value is -1.72. The average Bonchev–Trinajstić information content (AvgIpc) is 3.24. The van der Waals surface area contributed by atoms with E-state index in [0.717, 1.165) is 19.3 Å². The van der Waals surface area contributed by atoms with E-state index in [1.54, 1.807) is 0 Å². The first-order valence-electron chi connectivity index (χ1n) is 8.59. The van der Waals surface area contributed by atoms with Gasteiger partial charge >= 0.3 is 23.9 Å². The molecule has 0 radical (unpaired) electrons. The third-order valence-corrected chi connectivity index (χ3v) is 7.91. The van der Waals surface area contributed by atoms with E-state index in [1.165, 1.54) is 0 Å². The van der Waals surface area contributed by atoms with Crippen LogP contribution in [-0.2, 0) is 28.7 Å². The van der Waals surface area contributed by atoms with Crippen molar-refractivity contribution >= 4 is 23.9 Å². The van der Waals surface area contributed by atoms with Crippen LogP contribution in [0, 0.1) is 59.2 Å². The molecule has 6 heteroatoms. The van der Waals surface area contributed by atoms with Crippen LogP contribution in [0.15, 0.2) is 0 Å². The highest BCUT2D eigenvalue weighted by Crippen LogP contribution is 2.72. The fourth-order valence-corrected chi connectivity index (χ4v) is 7.61. The number of hydrogen-bond acceptors (Lipinski definition) is 6. The molecular formula is C17H16O6. The zero-order chi connectivity index (χ0) is 15.6. The van der Waals surface area contributed by atoms with Crippen LogP contribution >= 0.6 is 0 Å². The Morgan fingerprint density at radius 1 is 0.565 bits per heavy atom. The van der Waals surface area contributed by atoms with Crippen molar-refractivity contribution in [1.29, 1.82) is 0 Å². The van der Waals surface area contributed by atoms with Gasteiger partial charge in [0.15, 0.2) is 0 Å². The molecule has 5 aliphatic carbocycles. The van der Waals surface area contributed by atoms with Crippen molar-refractivity contribution in [1.82, 2.24) is 0 Å². The molecule has 10 atom stereocenters. The van der Waals surface area contributed by atoms with Gasteiger partial charge in [-0.25, -0.2) is 0 Å². The average molecular weight is 316 g/mol. The second kappa shape index (κ2) is 3.68. The topological polar surface area (TPSA) is 86.7 Å². The Bertz CT molecular complexity index is 641. The monoisotopic (exact) mass is 316 g/mol. The minimum atomic E-state index is -0.367. The first-order chi connectivity index (χ1) is 11.1. The highest BCUT2D eigenvalue weighted by molar-refractivity contribution is 5.99. The normalized spacial score (nSPS) is 58.1. The van der Waals surface area contributed by atoms with Gasteiger partial charge in [-0.3, -0.25) is 19.2 Å². The maximum absolute atomic E-state index is 12.2. The fraction of sp³-hybridized carbons (Fsp3) is 0.765. The molecule has 0 aromatic carbocycles. The fourth-order valence-electron chi connectivity index (χ4n) is 7.61. The molecule has 2 aliphatic heterocycles. The van der Waals surface area contributed by atoms with Crippen LogP contribution in [0.5, 0.6) is 0 Å². The maximum atomic E-state index is 12.2. The van der Waals surface area contributed by atoms with Crippen LogP contribution < -0.4 is 0 Å². The van der Waals surface area contributed by atoms with E-state index in [2.05, 4.69) is 0 Å². The number of fused-ring (bicyclic) bond motifs is 6. The highest BCUT2D eigenvalue weighted by atomic mass is 16.6. The predicted molar refractivity (Wildman–Crippen MR) is 70.9 cm³/mol. The smallest absolute Gasteiger partial charge is 0.317 e. The van der Waals surface area contributed by atoms with Gasteiger partial charge in [0, 0.05) is 0 Å². The number of carbonyl (C=O) groups is 4. The molecule has 4 bridgehead atoms. The SMILES string of the molecule is O=C1OC(=O)[C@H]2[C@@H]1[C@@H]1C[C@H]2C2C1[C@@H]1CC[C@H]2[C@H]2C(=O)OC(=O)[C@H]21. The summed E-state index contributed by atoms with van der Waals surface area (Å²) in [6.07, 6.45) is 2.74. The molecule has 2 heterocycles. The van der Waals surface area contributed by atoms with Crippen molar-refractivity contribution in [2.75, 3.05) is 0 Å². The molecule has 23 heavy (non-hydrogen) atoms. The Morgan fingerprint density at radius 2 is 0.913 bits per heavy atom. The third-order valence-electron chi connectivity index (χ3n) is 7.91. The summed E-state index contributed by atoms with van der Waals surface area (Å²) >= 11 is 0. The second-order valence-electron chi connectivity index (χ2n) is 8.21. The van der Waals surface area contributed by atoms with Crippen molar-refractivity contribution in [3.05, 3.63) is 0 Å². The lowest BCUT2D eigenvalue weighted by molar-refractivity contribution is -0.155. The van der Waals surface area contributed by atoms with Crippen LogP contribution in [-0.4, -0.2) is 23.9 Å². The van der Waals surface area contributed by atoms with E-state index in [-0.39, 0.29) is 83.1 Å². The van der Waals surface area contributed by atoms with Gasteiger partial charge in [0.2, 0.25) is 0 Å². The van der Waals surface area contributed by atoms with Gasteiger partial charge in [0.05, 0.1) is 23.7 Å². The largest absolute Gasteiger partial charge is 0.393 e. The van der Waals surface area contributed by atoms with Gasteiger partial charge in [-0.15, -0.1) is 0 Å². The quantitative estimate of drug-likeness (QED) is 0.479. The molecule has 7 rings (SSSR count). The van der Waals surface area contributed by atoms with Crippen LogP contribution in [0.4, 0.5) is 0 Å².